The van der Waals surface area contributed by atoms with Gasteiger partial charge in [0.2, 0.25) is 5.91 Å². The second-order valence-electron chi connectivity index (χ2n) is 5.19. The number of halogens is 2. The SMILES string of the molecule is COC(=O)c1ccc(/C=C/C(=O)Nc2nc3c(F)cc(F)cc3s2)cc1. The van der Waals surface area contributed by atoms with E-state index < -0.39 is 23.5 Å². The Hall–Kier alpha value is -3.13. The highest BCUT2D eigenvalue weighted by Crippen LogP contribution is 2.28. The Morgan fingerprint density at radius 2 is 1.92 bits per heavy atom. The summed E-state index contributed by atoms with van der Waals surface area (Å²) in [7, 11) is 1.29. The first-order chi connectivity index (χ1) is 12.5. The van der Waals surface area contributed by atoms with Gasteiger partial charge in [0.25, 0.3) is 0 Å². The van der Waals surface area contributed by atoms with Crippen molar-refractivity contribution in [1.29, 1.82) is 0 Å². The number of anilines is 1. The molecule has 0 aliphatic carbocycles. The summed E-state index contributed by atoms with van der Waals surface area (Å²) < 4.78 is 31.7. The van der Waals surface area contributed by atoms with Gasteiger partial charge in [-0.3, -0.25) is 10.1 Å². The van der Waals surface area contributed by atoms with Gasteiger partial charge in [-0.1, -0.05) is 23.5 Å². The Labute approximate surface area is 150 Å². The van der Waals surface area contributed by atoms with E-state index in [9.17, 15) is 18.4 Å². The first-order valence-corrected chi connectivity index (χ1v) is 8.21. The van der Waals surface area contributed by atoms with E-state index in [2.05, 4.69) is 15.0 Å². The summed E-state index contributed by atoms with van der Waals surface area (Å²) in [6, 6.07) is 8.37. The number of carbonyl (C=O) groups excluding carboxylic acids is 2. The molecule has 1 amide bonds. The largest absolute Gasteiger partial charge is 0.465 e. The molecule has 26 heavy (non-hydrogen) atoms. The van der Waals surface area contributed by atoms with Crippen LogP contribution in [0.15, 0.2) is 42.5 Å². The van der Waals surface area contributed by atoms with E-state index in [-0.39, 0.29) is 10.6 Å². The van der Waals surface area contributed by atoms with Crippen LogP contribution in [-0.4, -0.2) is 24.0 Å². The van der Waals surface area contributed by atoms with Crippen molar-refractivity contribution in [1.82, 2.24) is 4.98 Å². The average Bonchev–Trinajstić information content (AvgIpc) is 3.02. The van der Waals surface area contributed by atoms with Crippen LogP contribution >= 0.6 is 11.3 Å². The predicted molar refractivity (Wildman–Crippen MR) is 95.0 cm³/mol. The van der Waals surface area contributed by atoms with E-state index in [0.29, 0.717) is 15.8 Å². The quantitative estimate of drug-likeness (QED) is 0.553. The smallest absolute Gasteiger partial charge is 0.337 e. The number of benzene rings is 2. The summed E-state index contributed by atoms with van der Waals surface area (Å²) in [5.41, 5.74) is 1.11. The van der Waals surface area contributed by atoms with Gasteiger partial charge in [-0.2, -0.15) is 0 Å². The standard InChI is InChI=1S/C18H12F2N2O3S/c1-25-17(24)11-5-2-10(3-6-11)4-7-15(23)21-18-22-16-13(20)8-12(19)9-14(16)26-18/h2-9H,1H3,(H,21,22,23)/b7-4+. The van der Waals surface area contributed by atoms with Crippen molar-refractivity contribution < 1.29 is 23.1 Å². The molecule has 0 radical (unpaired) electrons. The van der Waals surface area contributed by atoms with Gasteiger partial charge in [-0.25, -0.2) is 18.6 Å². The van der Waals surface area contributed by atoms with E-state index in [1.54, 1.807) is 30.3 Å². The van der Waals surface area contributed by atoms with E-state index in [1.807, 2.05) is 0 Å². The summed E-state index contributed by atoms with van der Waals surface area (Å²) >= 11 is 0.975. The number of rotatable bonds is 4. The van der Waals surface area contributed by atoms with E-state index >= 15 is 0 Å². The molecule has 0 aliphatic heterocycles. The number of esters is 1. The van der Waals surface area contributed by atoms with Crippen molar-refractivity contribution in [2.75, 3.05) is 12.4 Å². The lowest BCUT2D eigenvalue weighted by Crippen LogP contribution is -2.07. The average molecular weight is 374 g/mol. The third-order valence-corrected chi connectivity index (χ3v) is 4.32. The lowest BCUT2D eigenvalue weighted by atomic mass is 10.1. The van der Waals surface area contributed by atoms with Crippen LogP contribution in [0.2, 0.25) is 0 Å². The van der Waals surface area contributed by atoms with E-state index in [1.165, 1.54) is 13.2 Å². The molecule has 1 N–H and O–H groups in total. The molecule has 0 saturated carbocycles. The first kappa shape index (κ1) is 17.7. The van der Waals surface area contributed by atoms with Crippen molar-refractivity contribution in [3.05, 3.63) is 65.2 Å². The molecule has 1 heterocycles. The van der Waals surface area contributed by atoms with Crippen LogP contribution in [0.25, 0.3) is 16.3 Å². The van der Waals surface area contributed by atoms with Crippen LogP contribution in [0.1, 0.15) is 15.9 Å². The molecule has 0 spiro atoms. The lowest BCUT2D eigenvalue weighted by molar-refractivity contribution is -0.111. The Morgan fingerprint density at radius 1 is 1.19 bits per heavy atom. The molecule has 0 bridgehead atoms. The lowest BCUT2D eigenvalue weighted by Gasteiger charge is -1.99. The minimum atomic E-state index is -0.780. The van der Waals surface area contributed by atoms with Crippen molar-refractivity contribution in [2.24, 2.45) is 0 Å². The Morgan fingerprint density at radius 3 is 2.62 bits per heavy atom. The second kappa shape index (κ2) is 7.40. The number of methoxy groups -OCH3 is 1. The highest BCUT2D eigenvalue weighted by atomic mass is 32.1. The zero-order chi connectivity index (χ0) is 18.7. The predicted octanol–water partition coefficient (Wildman–Crippen LogP) is 4.01. The number of aromatic nitrogens is 1. The van der Waals surface area contributed by atoms with Crippen LogP contribution < -0.4 is 5.32 Å². The normalized spacial score (nSPS) is 11.0. The molecule has 0 unspecified atom stereocenters. The van der Waals surface area contributed by atoms with Crippen LogP contribution in [0, 0.1) is 11.6 Å². The molecule has 0 fully saturated rings. The van der Waals surface area contributed by atoms with Gasteiger partial charge >= 0.3 is 5.97 Å². The number of fused-ring (bicyclic) bond motifs is 1. The molecular formula is C18H12F2N2O3S. The zero-order valence-electron chi connectivity index (χ0n) is 13.5. The van der Waals surface area contributed by atoms with Gasteiger partial charge < -0.3 is 4.74 Å². The number of carbonyl (C=O) groups is 2. The van der Waals surface area contributed by atoms with Gasteiger partial charge in [0, 0.05) is 12.1 Å². The third kappa shape index (κ3) is 3.92. The molecule has 1 aromatic heterocycles. The Kier molecular flexibility index (Phi) is 5.04. The molecule has 0 atom stereocenters. The molecule has 0 saturated heterocycles. The minimum Gasteiger partial charge on any atom is -0.465 e. The highest BCUT2D eigenvalue weighted by Gasteiger charge is 2.11. The van der Waals surface area contributed by atoms with E-state index in [4.69, 9.17) is 0 Å². The van der Waals surface area contributed by atoms with Crippen molar-refractivity contribution in [3.8, 4) is 0 Å². The number of nitrogens with one attached hydrogen (secondary N) is 1. The maximum Gasteiger partial charge on any atom is 0.337 e. The van der Waals surface area contributed by atoms with E-state index in [0.717, 1.165) is 23.5 Å². The van der Waals surface area contributed by atoms with Gasteiger partial charge in [0.15, 0.2) is 10.9 Å². The zero-order valence-corrected chi connectivity index (χ0v) is 14.3. The summed E-state index contributed by atoms with van der Waals surface area (Å²) in [5, 5.41) is 2.67. The fraction of sp³-hybridized carbons (Fsp3) is 0.0556. The number of amides is 1. The summed E-state index contributed by atoms with van der Waals surface area (Å²) in [4.78, 5) is 27.3. The summed E-state index contributed by atoms with van der Waals surface area (Å²) in [6.07, 6.45) is 2.82. The number of thiazole rings is 1. The van der Waals surface area contributed by atoms with Gasteiger partial charge in [-0.15, -0.1) is 0 Å². The van der Waals surface area contributed by atoms with Crippen LogP contribution in [0.4, 0.5) is 13.9 Å². The minimum absolute atomic E-state index is 0.00841. The van der Waals surface area contributed by atoms with Gasteiger partial charge in [0.1, 0.15) is 11.3 Å². The third-order valence-electron chi connectivity index (χ3n) is 3.40. The monoisotopic (exact) mass is 374 g/mol. The van der Waals surface area contributed by atoms with Crippen LogP contribution in [-0.2, 0) is 9.53 Å². The van der Waals surface area contributed by atoms with Crippen molar-refractivity contribution in [3.63, 3.8) is 0 Å². The van der Waals surface area contributed by atoms with Crippen molar-refractivity contribution in [2.45, 2.75) is 0 Å². The molecule has 3 rings (SSSR count). The molecule has 8 heteroatoms. The fourth-order valence-electron chi connectivity index (χ4n) is 2.18. The Balaban J connectivity index is 1.69. The number of ether oxygens (including phenoxy) is 1. The van der Waals surface area contributed by atoms with Gasteiger partial charge in [-0.05, 0) is 29.8 Å². The highest BCUT2D eigenvalue weighted by molar-refractivity contribution is 7.22. The molecule has 132 valence electrons. The molecule has 5 nitrogen and oxygen atoms in total. The number of hydrogen-bond donors (Lipinski definition) is 1. The number of nitrogens with zero attached hydrogens (tertiary/aromatic N) is 1. The summed E-state index contributed by atoms with van der Waals surface area (Å²) in [5.74, 6) is -2.40. The Bertz CT molecular complexity index is 1010. The molecule has 0 aliphatic rings. The maximum atomic E-state index is 13.6. The fourth-order valence-corrected chi connectivity index (χ4v) is 3.09. The van der Waals surface area contributed by atoms with Crippen LogP contribution in [0.3, 0.4) is 0 Å². The number of hydrogen-bond acceptors (Lipinski definition) is 5. The molecule has 3 aromatic rings. The molecule has 2 aromatic carbocycles. The summed E-state index contributed by atoms with van der Waals surface area (Å²) in [6.45, 7) is 0. The maximum absolute atomic E-state index is 13.6. The first-order valence-electron chi connectivity index (χ1n) is 7.39. The van der Waals surface area contributed by atoms with Crippen LogP contribution in [0.5, 0.6) is 0 Å². The topological polar surface area (TPSA) is 68.3 Å². The van der Waals surface area contributed by atoms with Gasteiger partial charge in [0.05, 0.1) is 17.4 Å². The second-order valence-corrected chi connectivity index (χ2v) is 6.22. The molecular weight excluding hydrogens is 362 g/mol. The van der Waals surface area contributed by atoms with Crippen molar-refractivity contribution >= 4 is 44.6 Å².